The van der Waals surface area contributed by atoms with Crippen molar-refractivity contribution < 1.29 is 9.53 Å². The van der Waals surface area contributed by atoms with Crippen LogP contribution in [0.25, 0.3) is 0 Å². The van der Waals surface area contributed by atoms with Gasteiger partial charge in [-0.15, -0.1) is 0 Å². The van der Waals surface area contributed by atoms with Crippen LogP contribution in [0.5, 0.6) is 5.75 Å². The second-order valence-corrected chi connectivity index (χ2v) is 4.82. The Kier molecular flexibility index (Phi) is 3.69. The Morgan fingerprint density at radius 1 is 1.41 bits per heavy atom. The molecule has 1 aromatic rings. The van der Waals surface area contributed by atoms with E-state index < -0.39 is 0 Å². The molecule has 4 heteroatoms. The predicted molar refractivity (Wildman–Crippen MR) is 67.6 cm³/mol. The van der Waals surface area contributed by atoms with Crippen molar-refractivity contribution in [2.75, 3.05) is 6.54 Å². The van der Waals surface area contributed by atoms with Gasteiger partial charge in [0.05, 0.1) is 0 Å². The second kappa shape index (κ2) is 5.07. The van der Waals surface area contributed by atoms with Gasteiger partial charge in [-0.3, -0.25) is 0 Å². The number of hydrogen-bond donors (Lipinski definition) is 1. The number of carbonyl (C=O) groups is 1. The van der Waals surface area contributed by atoms with E-state index in [1.807, 2.05) is 13.8 Å². The molecular weight excluding hydrogens is 238 g/mol. The molecule has 0 aromatic heterocycles. The van der Waals surface area contributed by atoms with Gasteiger partial charge in [0.2, 0.25) is 0 Å². The lowest BCUT2D eigenvalue weighted by Gasteiger charge is -2.12. The second-order valence-electron chi connectivity index (χ2n) is 4.44. The van der Waals surface area contributed by atoms with Crippen molar-refractivity contribution in [3.8, 4) is 5.75 Å². The van der Waals surface area contributed by atoms with E-state index in [0.717, 1.165) is 35.5 Å². The van der Waals surface area contributed by atoms with E-state index in [4.69, 9.17) is 16.3 Å². The largest absolute Gasteiger partial charge is 0.425 e. The molecule has 0 aliphatic carbocycles. The minimum atomic E-state index is -0.205. The Balaban J connectivity index is 2.10. The molecule has 92 valence electrons. The summed E-state index contributed by atoms with van der Waals surface area (Å²) in [6, 6.07) is 3.43. The average molecular weight is 254 g/mol. The van der Waals surface area contributed by atoms with Crippen molar-refractivity contribution in [1.29, 1.82) is 0 Å². The van der Waals surface area contributed by atoms with Crippen LogP contribution in [0.2, 0.25) is 5.02 Å². The maximum atomic E-state index is 11.8. The number of carbonyl (C=O) groups excluding carboxylic acids is 1. The summed E-state index contributed by atoms with van der Waals surface area (Å²) >= 11 is 6.06. The summed E-state index contributed by atoms with van der Waals surface area (Å²) in [6.45, 7) is 4.69. The monoisotopic (exact) mass is 253 g/mol. The van der Waals surface area contributed by atoms with Crippen LogP contribution in [0.15, 0.2) is 12.1 Å². The van der Waals surface area contributed by atoms with Gasteiger partial charge in [-0.1, -0.05) is 11.6 Å². The highest BCUT2D eigenvalue weighted by molar-refractivity contribution is 6.32. The fraction of sp³-hybridized carbons (Fsp3) is 0.462. The molecule has 2 rings (SSSR count). The normalized spacial score (nSPS) is 19.4. The molecule has 1 unspecified atom stereocenters. The third-order valence-corrected chi connectivity index (χ3v) is 3.57. The first-order valence-electron chi connectivity index (χ1n) is 5.80. The lowest BCUT2D eigenvalue weighted by atomic mass is 10.1. The van der Waals surface area contributed by atoms with E-state index in [9.17, 15) is 4.79 Å². The van der Waals surface area contributed by atoms with Gasteiger partial charge >= 0.3 is 5.97 Å². The minimum Gasteiger partial charge on any atom is -0.425 e. The zero-order valence-electron chi connectivity index (χ0n) is 10.0. The molecule has 0 radical (unpaired) electrons. The molecule has 0 amide bonds. The molecule has 1 N–H and O–H groups in total. The molecule has 1 aliphatic rings. The third kappa shape index (κ3) is 2.79. The summed E-state index contributed by atoms with van der Waals surface area (Å²) in [5.74, 6) is 0.367. The quantitative estimate of drug-likeness (QED) is 0.650. The van der Waals surface area contributed by atoms with Gasteiger partial charge in [-0.05, 0) is 56.5 Å². The van der Waals surface area contributed by atoms with E-state index in [0.29, 0.717) is 5.75 Å². The van der Waals surface area contributed by atoms with E-state index in [2.05, 4.69) is 5.32 Å². The van der Waals surface area contributed by atoms with E-state index >= 15 is 0 Å². The lowest BCUT2D eigenvalue weighted by Crippen LogP contribution is -2.34. The maximum Gasteiger partial charge on any atom is 0.328 e. The fourth-order valence-electron chi connectivity index (χ4n) is 2.04. The molecule has 17 heavy (non-hydrogen) atoms. The number of ether oxygens (including phenoxy) is 1. The Bertz CT molecular complexity index is 416. The number of nitrogens with one attached hydrogen (secondary N) is 1. The van der Waals surface area contributed by atoms with Crippen molar-refractivity contribution in [2.45, 2.75) is 32.7 Å². The Labute approximate surface area is 106 Å². The number of halogens is 1. The van der Waals surface area contributed by atoms with Crippen LogP contribution in [0.4, 0.5) is 0 Å². The highest BCUT2D eigenvalue weighted by Gasteiger charge is 2.24. The number of aryl methyl sites for hydroxylation is 2. The van der Waals surface area contributed by atoms with Crippen LogP contribution in [0.1, 0.15) is 24.0 Å². The summed E-state index contributed by atoms with van der Waals surface area (Å²) in [5.41, 5.74) is 1.85. The van der Waals surface area contributed by atoms with Crippen LogP contribution in [0, 0.1) is 13.8 Å². The molecule has 1 aromatic carbocycles. The molecule has 0 bridgehead atoms. The van der Waals surface area contributed by atoms with Crippen LogP contribution in [-0.2, 0) is 4.79 Å². The van der Waals surface area contributed by atoms with Crippen molar-refractivity contribution >= 4 is 17.6 Å². The van der Waals surface area contributed by atoms with Crippen molar-refractivity contribution in [3.63, 3.8) is 0 Å². The maximum absolute atomic E-state index is 11.8. The van der Waals surface area contributed by atoms with E-state index in [1.54, 1.807) is 12.1 Å². The van der Waals surface area contributed by atoms with E-state index in [-0.39, 0.29) is 12.0 Å². The molecule has 3 nitrogen and oxygen atoms in total. The third-order valence-electron chi connectivity index (χ3n) is 2.97. The summed E-state index contributed by atoms with van der Waals surface area (Å²) < 4.78 is 5.35. The first-order valence-corrected chi connectivity index (χ1v) is 6.17. The molecule has 1 aliphatic heterocycles. The first-order chi connectivity index (χ1) is 8.08. The average Bonchev–Trinajstić information content (AvgIpc) is 2.79. The highest BCUT2D eigenvalue weighted by atomic mass is 35.5. The van der Waals surface area contributed by atoms with Gasteiger partial charge in [0.25, 0.3) is 0 Å². The Morgan fingerprint density at radius 3 is 2.59 bits per heavy atom. The summed E-state index contributed by atoms with van der Waals surface area (Å²) in [5, 5.41) is 3.84. The van der Waals surface area contributed by atoms with Gasteiger partial charge < -0.3 is 10.1 Å². The molecule has 1 fully saturated rings. The number of esters is 1. The highest BCUT2D eigenvalue weighted by Crippen LogP contribution is 2.26. The summed E-state index contributed by atoms with van der Waals surface area (Å²) in [7, 11) is 0. The van der Waals surface area contributed by atoms with Crippen molar-refractivity contribution in [1.82, 2.24) is 5.32 Å². The zero-order valence-corrected chi connectivity index (χ0v) is 10.8. The number of rotatable bonds is 2. The standard InChI is InChI=1S/C13H16ClNO2/c1-8-6-10(7-9(2)12(8)14)17-13(16)11-4-3-5-15-11/h6-7,11,15H,3-5H2,1-2H3. The molecule has 1 saturated heterocycles. The molecule has 0 spiro atoms. The van der Waals surface area contributed by atoms with Crippen LogP contribution in [-0.4, -0.2) is 18.6 Å². The molecular formula is C13H16ClNO2. The van der Waals surface area contributed by atoms with Crippen molar-refractivity contribution in [2.24, 2.45) is 0 Å². The summed E-state index contributed by atoms with van der Waals surface area (Å²) in [4.78, 5) is 11.8. The van der Waals surface area contributed by atoms with Gasteiger partial charge in [0, 0.05) is 5.02 Å². The van der Waals surface area contributed by atoms with Gasteiger partial charge in [0.15, 0.2) is 0 Å². The number of hydrogen-bond acceptors (Lipinski definition) is 3. The predicted octanol–water partition coefficient (Wildman–Crippen LogP) is 2.61. The zero-order chi connectivity index (χ0) is 12.4. The molecule has 0 saturated carbocycles. The fourth-order valence-corrected chi connectivity index (χ4v) is 2.15. The van der Waals surface area contributed by atoms with Gasteiger partial charge in [-0.2, -0.15) is 0 Å². The van der Waals surface area contributed by atoms with Crippen LogP contribution < -0.4 is 10.1 Å². The van der Waals surface area contributed by atoms with E-state index in [1.165, 1.54) is 0 Å². The van der Waals surface area contributed by atoms with Crippen LogP contribution in [0.3, 0.4) is 0 Å². The Hall–Kier alpha value is -1.06. The minimum absolute atomic E-state index is 0.161. The first kappa shape index (κ1) is 12.4. The summed E-state index contributed by atoms with van der Waals surface area (Å²) in [6.07, 6.45) is 1.88. The SMILES string of the molecule is Cc1cc(OC(=O)C2CCCN2)cc(C)c1Cl. The Morgan fingerprint density at radius 2 is 2.06 bits per heavy atom. The number of benzene rings is 1. The molecule has 1 heterocycles. The van der Waals surface area contributed by atoms with Crippen LogP contribution >= 0.6 is 11.6 Å². The lowest BCUT2D eigenvalue weighted by molar-refractivity contribution is -0.136. The van der Waals surface area contributed by atoms with Gasteiger partial charge in [0.1, 0.15) is 11.8 Å². The molecule has 1 atom stereocenters. The smallest absolute Gasteiger partial charge is 0.328 e. The van der Waals surface area contributed by atoms with Crippen molar-refractivity contribution in [3.05, 3.63) is 28.3 Å². The topological polar surface area (TPSA) is 38.3 Å². The van der Waals surface area contributed by atoms with Gasteiger partial charge in [-0.25, -0.2) is 4.79 Å².